The van der Waals surface area contributed by atoms with Gasteiger partial charge in [-0.05, 0) is 55.5 Å². The van der Waals surface area contributed by atoms with Crippen molar-refractivity contribution >= 4 is 40.8 Å². The Balaban J connectivity index is 1.57. The zero-order valence-corrected chi connectivity index (χ0v) is 14.8. The number of nitrogens with one attached hydrogen (secondary N) is 2. The quantitative estimate of drug-likeness (QED) is 0.628. The largest absolute Gasteiger partial charge is 0.279 e. The second-order valence-corrected chi connectivity index (χ2v) is 7.22. The third-order valence-electron chi connectivity index (χ3n) is 3.92. The molecule has 25 heavy (non-hydrogen) atoms. The normalized spacial score (nSPS) is 13.5. The molecule has 130 valence electrons. The van der Waals surface area contributed by atoms with Crippen LogP contribution in [0.5, 0.6) is 0 Å². The predicted octanol–water partition coefficient (Wildman–Crippen LogP) is 3.89. The van der Waals surface area contributed by atoms with Crippen molar-refractivity contribution in [1.82, 2.24) is 10.9 Å². The van der Waals surface area contributed by atoms with Crippen LogP contribution in [0.2, 0.25) is 5.02 Å². The molecule has 1 aromatic heterocycles. The van der Waals surface area contributed by atoms with Crippen LogP contribution in [0.3, 0.4) is 0 Å². The minimum Gasteiger partial charge on any atom is -0.268 e. The van der Waals surface area contributed by atoms with Crippen molar-refractivity contribution in [2.45, 2.75) is 25.7 Å². The van der Waals surface area contributed by atoms with E-state index in [0.717, 1.165) is 31.8 Å². The Hall–Kier alpha value is -2.18. The van der Waals surface area contributed by atoms with Crippen molar-refractivity contribution in [3.05, 3.63) is 62.1 Å². The molecule has 1 aromatic carbocycles. The standard InChI is InChI=1S/C18H16ClFN2O2S/c19-13-5-3-6-14(20)12(13)8-9-17(23)21-22-18(24)16-10-11-4-1-2-7-15(11)25-16/h3,5-6,8-10H,1-2,4,7H2,(H,21,23)(H,22,24)/b9-8+. The average Bonchev–Trinajstić information content (AvgIpc) is 3.03. The van der Waals surface area contributed by atoms with E-state index >= 15 is 0 Å². The molecule has 0 unspecified atom stereocenters. The highest BCUT2D eigenvalue weighted by Crippen LogP contribution is 2.29. The van der Waals surface area contributed by atoms with Crippen molar-refractivity contribution < 1.29 is 14.0 Å². The van der Waals surface area contributed by atoms with Crippen LogP contribution in [-0.2, 0) is 17.6 Å². The molecule has 7 heteroatoms. The van der Waals surface area contributed by atoms with Gasteiger partial charge in [0.2, 0.25) is 0 Å². The van der Waals surface area contributed by atoms with Gasteiger partial charge < -0.3 is 0 Å². The first-order chi connectivity index (χ1) is 12.0. The maximum atomic E-state index is 13.6. The molecule has 1 aliphatic rings. The Bertz CT molecular complexity index is 804. The first-order valence-electron chi connectivity index (χ1n) is 7.88. The lowest BCUT2D eigenvalue weighted by atomic mass is 9.99. The average molecular weight is 379 g/mol. The van der Waals surface area contributed by atoms with E-state index in [1.807, 2.05) is 6.07 Å². The van der Waals surface area contributed by atoms with Crippen LogP contribution in [-0.4, -0.2) is 11.8 Å². The molecule has 0 saturated heterocycles. The first kappa shape index (κ1) is 17.6. The Morgan fingerprint density at radius 1 is 1.20 bits per heavy atom. The number of fused-ring (bicyclic) bond motifs is 1. The van der Waals surface area contributed by atoms with E-state index in [2.05, 4.69) is 10.9 Å². The fraction of sp³-hybridized carbons (Fsp3) is 0.222. The highest BCUT2D eigenvalue weighted by molar-refractivity contribution is 7.14. The lowest BCUT2D eigenvalue weighted by Gasteiger charge is -2.08. The molecule has 0 aliphatic heterocycles. The molecule has 0 atom stereocenters. The van der Waals surface area contributed by atoms with Gasteiger partial charge in [-0.2, -0.15) is 0 Å². The first-order valence-corrected chi connectivity index (χ1v) is 9.08. The van der Waals surface area contributed by atoms with Gasteiger partial charge >= 0.3 is 0 Å². The number of carbonyl (C=O) groups excluding carboxylic acids is 2. The highest BCUT2D eigenvalue weighted by atomic mass is 35.5. The lowest BCUT2D eigenvalue weighted by Crippen LogP contribution is -2.40. The summed E-state index contributed by atoms with van der Waals surface area (Å²) in [6.07, 6.45) is 6.68. The number of aryl methyl sites for hydroxylation is 2. The molecular weight excluding hydrogens is 363 g/mol. The zero-order valence-electron chi connectivity index (χ0n) is 13.3. The van der Waals surface area contributed by atoms with Gasteiger partial charge in [0.1, 0.15) is 5.82 Å². The predicted molar refractivity (Wildman–Crippen MR) is 97.0 cm³/mol. The van der Waals surface area contributed by atoms with E-state index in [9.17, 15) is 14.0 Å². The number of hydrogen-bond acceptors (Lipinski definition) is 3. The van der Waals surface area contributed by atoms with Crippen LogP contribution in [0, 0.1) is 5.82 Å². The van der Waals surface area contributed by atoms with E-state index in [4.69, 9.17) is 11.6 Å². The van der Waals surface area contributed by atoms with Crippen molar-refractivity contribution in [1.29, 1.82) is 0 Å². The summed E-state index contributed by atoms with van der Waals surface area (Å²) in [6, 6.07) is 6.15. The number of halogens is 2. The number of carbonyl (C=O) groups is 2. The van der Waals surface area contributed by atoms with E-state index < -0.39 is 11.7 Å². The van der Waals surface area contributed by atoms with Crippen molar-refractivity contribution in [3.8, 4) is 0 Å². The minimum atomic E-state index is -0.575. The Morgan fingerprint density at radius 2 is 2.00 bits per heavy atom. The summed E-state index contributed by atoms with van der Waals surface area (Å²) in [4.78, 5) is 25.7. The molecular formula is C18H16ClFN2O2S. The van der Waals surface area contributed by atoms with Gasteiger partial charge in [0.05, 0.1) is 9.90 Å². The molecule has 1 heterocycles. The fourth-order valence-electron chi connectivity index (χ4n) is 2.65. The molecule has 0 fully saturated rings. The number of rotatable bonds is 3. The van der Waals surface area contributed by atoms with Crippen LogP contribution in [0.15, 0.2) is 30.3 Å². The van der Waals surface area contributed by atoms with Gasteiger partial charge in [0, 0.05) is 16.5 Å². The second kappa shape index (κ2) is 7.80. The summed E-state index contributed by atoms with van der Waals surface area (Å²) in [6.45, 7) is 0. The maximum absolute atomic E-state index is 13.6. The summed E-state index contributed by atoms with van der Waals surface area (Å²) in [5.74, 6) is -1.45. The van der Waals surface area contributed by atoms with E-state index in [1.165, 1.54) is 46.1 Å². The lowest BCUT2D eigenvalue weighted by molar-refractivity contribution is -0.117. The van der Waals surface area contributed by atoms with Crippen LogP contribution >= 0.6 is 22.9 Å². The molecule has 0 saturated carbocycles. The van der Waals surface area contributed by atoms with E-state index in [1.54, 1.807) is 0 Å². The van der Waals surface area contributed by atoms with Crippen LogP contribution < -0.4 is 10.9 Å². The van der Waals surface area contributed by atoms with E-state index in [-0.39, 0.29) is 16.5 Å². The van der Waals surface area contributed by atoms with Gasteiger partial charge in [0.25, 0.3) is 11.8 Å². The Labute approximate surface area is 153 Å². The molecule has 2 aromatic rings. The summed E-state index contributed by atoms with van der Waals surface area (Å²) in [7, 11) is 0. The van der Waals surface area contributed by atoms with Gasteiger partial charge in [-0.1, -0.05) is 17.7 Å². The minimum absolute atomic E-state index is 0.122. The summed E-state index contributed by atoms with van der Waals surface area (Å²) < 4.78 is 13.6. The number of hydrogen-bond donors (Lipinski definition) is 2. The molecule has 2 amide bonds. The van der Waals surface area contributed by atoms with Crippen molar-refractivity contribution in [2.24, 2.45) is 0 Å². The summed E-state index contributed by atoms with van der Waals surface area (Å²) in [5, 5.41) is 0.206. The third-order valence-corrected chi connectivity index (χ3v) is 5.49. The zero-order chi connectivity index (χ0) is 17.8. The SMILES string of the molecule is O=C(/C=C/c1c(F)cccc1Cl)NNC(=O)c1cc2c(s1)CCCC2. The monoisotopic (exact) mass is 378 g/mol. The topological polar surface area (TPSA) is 58.2 Å². The molecule has 0 spiro atoms. The van der Waals surface area contributed by atoms with Crippen molar-refractivity contribution in [3.63, 3.8) is 0 Å². The molecule has 1 aliphatic carbocycles. The molecule has 3 rings (SSSR count). The van der Waals surface area contributed by atoms with Crippen LogP contribution in [0.4, 0.5) is 4.39 Å². The smallest absolute Gasteiger partial charge is 0.268 e. The fourth-order valence-corrected chi connectivity index (χ4v) is 4.03. The molecule has 2 N–H and O–H groups in total. The molecule has 0 bridgehead atoms. The Kier molecular flexibility index (Phi) is 5.50. The Morgan fingerprint density at radius 3 is 2.76 bits per heavy atom. The second-order valence-electron chi connectivity index (χ2n) is 5.68. The third kappa shape index (κ3) is 4.27. The summed E-state index contributed by atoms with van der Waals surface area (Å²) >= 11 is 7.34. The van der Waals surface area contributed by atoms with E-state index in [0.29, 0.717) is 4.88 Å². The number of hydrazine groups is 1. The van der Waals surface area contributed by atoms with Gasteiger partial charge in [-0.15, -0.1) is 11.3 Å². The van der Waals surface area contributed by atoms with Gasteiger partial charge in [0.15, 0.2) is 0 Å². The molecule has 0 radical (unpaired) electrons. The summed E-state index contributed by atoms with van der Waals surface area (Å²) in [5.41, 5.74) is 6.00. The van der Waals surface area contributed by atoms with Gasteiger partial charge in [-0.25, -0.2) is 4.39 Å². The molecule has 4 nitrogen and oxygen atoms in total. The van der Waals surface area contributed by atoms with Crippen molar-refractivity contribution in [2.75, 3.05) is 0 Å². The number of thiophene rings is 1. The van der Waals surface area contributed by atoms with Crippen LogP contribution in [0.25, 0.3) is 6.08 Å². The highest BCUT2D eigenvalue weighted by Gasteiger charge is 2.17. The van der Waals surface area contributed by atoms with Gasteiger partial charge in [-0.3, -0.25) is 20.4 Å². The number of amides is 2. The van der Waals surface area contributed by atoms with Crippen LogP contribution in [0.1, 0.15) is 38.5 Å². The number of benzene rings is 1. The maximum Gasteiger partial charge on any atom is 0.279 e.